The summed E-state index contributed by atoms with van der Waals surface area (Å²) in [5.41, 5.74) is 3.48. The van der Waals surface area contributed by atoms with Crippen LogP contribution in [0.2, 0.25) is 0 Å². The first-order chi connectivity index (χ1) is 8.13. The number of hydrogen-bond donors (Lipinski definition) is 1. The third-order valence-corrected chi connectivity index (χ3v) is 3.63. The number of aliphatic hydroxyl groups excluding tert-OH is 1. The summed E-state index contributed by atoms with van der Waals surface area (Å²) in [6.07, 6.45) is 1.86. The maximum Gasteiger partial charge on any atom is 0.105 e. The minimum Gasteiger partial charge on any atom is -0.386 e. The molecule has 1 aromatic rings. The lowest BCUT2D eigenvalue weighted by molar-refractivity contribution is -0.0462. The fourth-order valence-corrected chi connectivity index (χ4v) is 2.24. The molecular weight excluding hydrogens is 212 g/mol. The molecule has 1 saturated carbocycles. The Labute approximate surface area is 104 Å². The lowest BCUT2D eigenvalue weighted by Crippen LogP contribution is -2.24. The van der Waals surface area contributed by atoms with Crippen molar-refractivity contribution < 1.29 is 9.84 Å². The van der Waals surface area contributed by atoms with Crippen molar-refractivity contribution in [2.75, 3.05) is 6.61 Å². The number of aryl methyl sites for hydroxylation is 2. The first-order valence-corrected chi connectivity index (χ1v) is 6.50. The van der Waals surface area contributed by atoms with Gasteiger partial charge in [-0.2, -0.15) is 0 Å². The molecule has 17 heavy (non-hydrogen) atoms. The molecule has 0 aromatic heterocycles. The van der Waals surface area contributed by atoms with E-state index in [1.54, 1.807) is 0 Å². The van der Waals surface area contributed by atoms with E-state index in [0.717, 1.165) is 5.56 Å². The maximum absolute atomic E-state index is 10.4. The quantitative estimate of drug-likeness (QED) is 0.848. The molecule has 1 N–H and O–H groups in total. The molecule has 94 valence electrons. The van der Waals surface area contributed by atoms with E-state index >= 15 is 0 Å². The van der Waals surface area contributed by atoms with Crippen LogP contribution in [0.25, 0.3) is 0 Å². The summed E-state index contributed by atoms with van der Waals surface area (Å²) < 4.78 is 5.70. The molecule has 0 aliphatic heterocycles. The summed E-state index contributed by atoms with van der Waals surface area (Å²) in [4.78, 5) is 0. The fraction of sp³-hybridized carbons (Fsp3) is 0.600. The van der Waals surface area contributed by atoms with Gasteiger partial charge in [-0.1, -0.05) is 18.2 Å². The zero-order chi connectivity index (χ0) is 12.4. The van der Waals surface area contributed by atoms with Crippen LogP contribution in [0, 0.1) is 19.8 Å². The molecule has 1 aliphatic carbocycles. The van der Waals surface area contributed by atoms with E-state index in [2.05, 4.69) is 26.0 Å². The van der Waals surface area contributed by atoms with Crippen LogP contribution in [0.3, 0.4) is 0 Å². The summed E-state index contributed by atoms with van der Waals surface area (Å²) in [5, 5.41) is 10.4. The summed E-state index contributed by atoms with van der Waals surface area (Å²) in [6.45, 7) is 6.83. The van der Waals surface area contributed by atoms with Gasteiger partial charge in [0.2, 0.25) is 0 Å². The summed E-state index contributed by atoms with van der Waals surface area (Å²) in [6, 6.07) is 6.17. The van der Waals surface area contributed by atoms with E-state index in [0.29, 0.717) is 12.5 Å². The number of ether oxygens (including phenoxy) is 1. The smallest absolute Gasteiger partial charge is 0.105 e. The molecule has 0 spiro atoms. The van der Waals surface area contributed by atoms with E-state index in [1.807, 2.05) is 13.0 Å². The molecule has 0 saturated heterocycles. The van der Waals surface area contributed by atoms with Crippen LogP contribution in [0.5, 0.6) is 0 Å². The number of hydrogen-bond acceptors (Lipinski definition) is 2. The Morgan fingerprint density at radius 1 is 1.29 bits per heavy atom. The molecule has 2 unspecified atom stereocenters. The first-order valence-electron chi connectivity index (χ1n) is 6.50. The van der Waals surface area contributed by atoms with Crippen molar-refractivity contribution in [3.05, 3.63) is 34.9 Å². The summed E-state index contributed by atoms with van der Waals surface area (Å²) >= 11 is 0. The lowest BCUT2D eigenvalue weighted by atomic mass is 9.97. The first kappa shape index (κ1) is 12.6. The van der Waals surface area contributed by atoms with Crippen molar-refractivity contribution in [2.45, 2.75) is 45.8 Å². The Balaban J connectivity index is 2.15. The highest BCUT2D eigenvalue weighted by Crippen LogP contribution is 2.40. The fourth-order valence-electron chi connectivity index (χ4n) is 2.24. The Morgan fingerprint density at radius 2 is 2.00 bits per heavy atom. The molecule has 2 heteroatoms. The van der Waals surface area contributed by atoms with Crippen molar-refractivity contribution in [3.8, 4) is 0 Å². The monoisotopic (exact) mass is 234 g/mol. The Hall–Kier alpha value is -0.860. The van der Waals surface area contributed by atoms with Crippen molar-refractivity contribution in [1.29, 1.82) is 0 Å². The van der Waals surface area contributed by atoms with Gasteiger partial charge in [0.15, 0.2) is 0 Å². The van der Waals surface area contributed by atoms with Crippen LogP contribution >= 0.6 is 0 Å². The third-order valence-electron chi connectivity index (χ3n) is 3.63. The molecular formula is C15H22O2. The predicted molar refractivity (Wildman–Crippen MR) is 69.0 cm³/mol. The second kappa shape index (κ2) is 5.19. The summed E-state index contributed by atoms with van der Waals surface area (Å²) in [5.74, 6) is 0.548. The zero-order valence-electron chi connectivity index (χ0n) is 10.9. The van der Waals surface area contributed by atoms with Gasteiger partial charge >= 0.3 is 0 Å². The van der Waals surface area contributed by atoms with Gasteiger partial charge < -0.3 is 9.84 Å². The van der Waals surface area contributed by atoms with E-state index in [1.165, 1.54) is 24.0 Å². The molecule has 0 bridgehead atoms. The molecule has 0 amide bonds. The highest BCUT2D eigenvalue weighted by molar-refractivity contribution is 5.31. The second-order valence-corrected chi connectivity index (χ2v) is 5.05. The average Bonchev–Trinajstić information content (AvgIpc) is 3.13. The van der Waals surface area contributed by atoms with Crippen LogP contribution < -0.4 is 0 Å². The van der Waals surface area contributed by atoms with Gasteiger partial charge in [0.25, 0.3) is 0 Å². The largest absolute Gasteiger partial charge is 0.386 e. The number of aliphatic hydroxyl groups is 1. The highest BCUT2D eigenvalue weighted by atomic mass is 16.5. The van der Waals surface area contributed by atoms with Crippen molar-refractivity contribution in [1.82, 2.24) is 0 Å². The van der Waals surface area contributed by atoms with Crippen LogP contribution in [-0.2, 0) is 4.74 Å². The predicted octanol–water partition coefficient (Wildman–Crippen LogP) is 3.15. The lowest BCUT2D eigenvalue weighted by Gasteiger charge is -2.23. The molecule has 1 aromatic carbocycles. The second-order valence-electron chi connectivity index (χ2n) is 5.05. The molecule has 2 nitrogen and oxygen atoms in total. The molecule has 1 aliphatic rings. The van der Waals surface area contributed by atoms with Crippen LogP contribution in [-0.4, -0.2) is 17.8 Å². The van der Waals surface area contributed by atoms with Gasteiger partial charge in [-0.15, -0.1) is 0 Å². The van der Waals surface area contributed by atoms with Crippen molar-refractivity contribution >= 4 is 0 Å². The topological polar surface area (TPSA) is 29.5 Å². The Morgan fingerprint density at radius 3 is 2.53 bits per heavy atom. The van der Waals surface area contributed by atoms with Crippen LogP contribution in [0.15, 0.2) is 18.2 Å². The zero-order valence-corrected chi connectivity index (χ0v) is 10.9. The van der Waals surface area contributed by atoms with Crippen LogP contribution in [0.1, 0.15) is 42.6 Å². The van der Waals surface area contributed by atoms with Gasteiger partial charge in [0.05, 0.1) is 6.10 Å². The van der Waals surface area contributed by atoms with Gasteiger partial charge in [-0.3, -0.25) is 0 Å². The Bertz CT molecular complexity index is 383. The number of benzene rings is 1. The summed E-state index contributed by atoms with van der Waals surface area (Å²) in [7, 11) is 0. The molecule has 2 atom stereocenters. The van der Waals surface area contributed by atoms with Crippen LogP contribution in [0.4, 0.5) is 0 Å². The molecule has 1 fully saturated rings. The van der Waals surface area contributed by atoms with Crippen molar-refractivity contribution in [3.63, 3.8) is 0 Å². The number of rotatable bonds is 5. The SMILES string of the molecule is CCOC(C1CC1)C(O)c1ccc(C)c(C)c1. The Kier molecular flexibility index (Phi) is 3.85. The molecule has 2 rings (SSSR count). The van der Waals surface area contributed by atoms with Gasteiger partial charge in [-0.05, 0) is 56.2 Å². The maximum atomic E-state index is 10.4. The van der Waals surface area contributed by atoms with E-state index in [-0.39, 0.29) is 6.10 Å². The standard InChI is InChI=1S/C15H22O2/c1-4-17-15(12-7-8-12)14(16)13-6-5-10(2)11(3)9-13/h5-6,9,12,14-16H,4,7-8H2,1-3H3. The average molecular weight is 234 g/mol. The van der Waals surface area contributed by atoms with E-state index < -0.39 is 6.10 Å². The highest BCUT2D eigenvalue weighted by Gasteiger charge is 2.37. The normalized spacial score (nSPS) is 19.1. The van der Waals surface area contributed by atoms with E-state index in [4.69, 9.17) is 4.74 Å². The van der Waals surface area contributed by atoms with Crippen molar-refractivity contribution in [2.24, 2.45) is 5.92 Å². The third kappa shape index (κ3) is 2.88. The van der Waals surface area contributed by atoms with Gasteiger partial charge in [-0.25, -0.2) is 0 Å². The van der Waals surface area contributed by atoms with E-state index in [9.17, 15) is 5.11 Å². The minimum atomic E-state index is -0.484. The van der Waals surface area contributed by atoms with Gasteiger partial charge in [0, 0.05) is 6.61 Å². The van der Waals surface area contributed by atoms with Gasteiger partial charge in [0.1, 0.15) is 6.10 Å². The molecule has 0 radical (unpaired) electrons. The minimum absolute atomic E-state index is 0.0258. The molecule has 0 heterocycles.